The molecule has 4 amide bonds. The molecule has 2 heterocycles. The first kappa shape index (κ1) is 17.5. The maximum absolute atomic E-state index is 12.1. The first-order chi connectivity index (χ1) is 10.8. The minimum Gasteiger partial charge on any atom is -0.338 e. The number of urea groups is 1. The Morgan fingerprint density at radius 3 is 2.43 bits per heavy atom. The molecule has 1 saturated heterocycles. The lowest BCUT2D eigenvalue weighted by Crippen LogP contribution is -2.40. The van der Waals surface area contributed by atoms with Crippen LogP contribution in [0, 0.1) is 11.3 Å². The molecule has 6 heteroatoms. The number of rotatable bonds is 5. The summed E-state index contributed by atoms with van der Waals surface area (Å²) in [6, 6.07) is -0.00765. The van der Waals surface area contributed by atoms with Gasteiger partial charge in [-0.15, -0.1) is 0 Å². The zero-order valence-electron chi connectivity index (χ0n) is 14.3. The van der Waals surface area contributed by atoms with Gasteiger partial charge >= 0.3 is 6.03 Å². The number of carbonyl (C=O) groups excluding carboxylic acids is 3. The predicted molar refractivity (Wildman–Crippen MR) is 87.6 cm³/mol. The number of nitrogens with one attached hydrogen (secondary N) is 1. The third kappa shape index (κ3) is 4.56. The number of hydrogen-bond donors (Lipinski definition) is 1. The molecular weight excluding hydrogens is 294 g/mol. The second-order valence-corrected chi connectivity index (χ2v) is 7.40. The van der Waals surface area contributed by atoms with Gasteiger partial charge in [-0.2, -0.15) is 0 Å². The standard InChI is InChI=1S/C17H27N3O3/c1-17(2,3)13-8-11-19(12-13)16(23)18-9-4-5-10-20-14(21)6-7-15(20)22/h6-7,13H,4-5,8-12H2,1-3H3,(H,18,23). The fraction of sp³-hybridized carbons (Fsp3) is 0.706. The quantitative estimate of drug-likeness (QED) is 0.620. The molecule has 1 atom stereocenters. The molecule has 1 unspecified atom stereocenters. The largest absolute Gasteiger partial charge is 0.338 e. The predicted octanol–water partition coefficient (Wildman–Crippen LogP) is 1.77. The maximum Gasteiger partial charge on any atom is 0.317 e. The molecule has 128 valence electrons. The number of nitrogens with zero attached hydrogens (tertiary/aromatic N) is 2. The summed E-state index contributed by atoms with van der Waals surface area (Å²) in [6.45, 7) is 9.27. The third-order valence-electron chi connectivity index (χ3n) is 4.69. The Balaban J connectivity index is 1.61. The molecule has 0 spiro atoms. The zero-order chi connectivity index (χ0) is 17.0. The van der Waals surface area contributed by atoms with Gasteiger partial charge in [-0.05, 0) is 30.6 Å². The van der Waals surface area contributed by atoms with Crippen LogP contribution in [-0.4, -0.2) is 53.8 Å². The Morgan fingerprint density at radius 2 is 1.87 bits per heavy atom. The molecule has 0 bridgehead atoms. The molecule has 0 aromatic carbocycles. The fourth-order valence-electron chi connectivity index (χ4n) is 3.01. The molecule has 1 N–H and O–H groups in total. The van der Waals surface area contributed by atoms with E-state index >= 15 is 0 Å². The summed E-state index contributed by atoms with van der Waals surface area (Å²) in [5, 5.41) is 2.93. The summed E-state index contributed by atoms with van der Waals surface area (Å²) in [5.41, 5.74) is 0.234. The van der Waals surface area contributed by atoms with Gasteiger partial charge in [-0.25, -0.2) is 4.79 Å². The van der Waals surface area contributed by atoms with E-state index in [-0.39, 0.29) is 23.3 Å². The van der Waals surface area contributed by atoms with Gasteiger partial charge in [0.2, 0.25) is 0 Å². The lowest BCUT2D eigenvalue weighted by atomic mass is 9.80. The van der Waals surface area contributed by atoms with E-state index in [2.05, 4.69) is 26.1 Å². The van der Waals surface area contributed by atoms with Crippen molar-refractivity contribution in [3.8, 4) is 0 Å². The molecule has 1 fully saturated rings. The van der Waals surface area contributed by atoms with Gasteiger partial charge in [-0.1, -0.05) is 20.8 Å². The van der Waals surface area contributed by atoms with E-state index in [9.17, 15) is 14.4 Å². The Bertz CT molecular complexity index is 490. The van der Waals surface area contributed by atoms with Crippen molar-refractivity contribution >= 4 is 17.8 Å². The van der Waals surface area contributed by atoms with Crippen LogP contribution in [0.3, 0.4) is 0 Å². The van der Waals surface area contributed by atoms with Crippen LogP contribution in [0.4, 0.5) is 4.79 Å². The van der Waals surface area contributed by atoms with E-state index in [0.717, 1.165) is 25.9 Å². The Labute approximate surface area is 137 Å². The summed E-state index contributed by atoms with van der Waals surface area (Å²) < 4.78 is 0. The van der Waals surface area contributed by atoms with Gasteiger partial charge in [0.05, 0.1) is 0 Å². The Morgan fingerprint density at radius 1 is 1.22 bits per heavy atom. The normalized spacial score (nSPS) is 21.4. The highest BCUT2D eigenvalue weighted by Gasteiger charge is 2.33. The van der Waals surface area contributed by atoms with Crippen molar-refractivity contribution in [2.45, 2.75) is 40.0 Å². The number of amides is 4. The monoisotopic (exact) mass is 321 g/mol. The third-order valence-corrected chi connectivity index (χ3v) is 4.69. The van der Waals surface area contributed by atoms with Crippen LogP contribution in [0.1, 0.15) is 40.0 Å². The van der Waals surface area contributed by atoms with E-state index in [1.165, 1.54) is 17.1 Å². The average Bonchev–Trinajstić information content (AvgIpc) is 3.07. The number of carbonyl (C=O) groups is 3. The van der Waals surface area contributed by atoms with Crippen molar-refractivity contribution in [2.75, 3.05) is 26.2 Å². The highest BCUT2D eigenvalue weighted by molar-refractivity contribution is 6.12. The number of unbranched alkanes of at least 4 members (excludes halogenated alkanes) is 1. The van der Waals surface area contributed by atoms with E-state index in [0.29, 0.717) is 25.4 Å². The van der Waals surface area contributed by atoms with Crippen LogP contribution < -0.4 is 5.32 Å². The van der Waals surface area contributed by atoms with Crippen LogP contribution in [0.25, 0.3) is 0 Å². The molecule has 0 aromatic rings. The molecular formula is C17H27N3O3. The number of hydrogen-bond acceptors (Lipinski definition) is 3. The molecule has 0 aromatic heterocycles. The van der Waals surface area contributed by atoms with Crippen molar-refractivity contribution in [1.82, 2.24) is 15.1 Å². The molecule has 0 saturated carbocycles. The summed E-state index contributed by atoms with van der Waals surface area (Å²) in [6.07, 6.45) is 5.10. The minimum absolute atomic E-state index is 0.00765. The Kier molecular flexibility index (Phi) is 5.44. The van der Waals surface area contributed by atoms with E-state index in [1.807, 2.05) is 4.90 Å². The van der Waals surface area contributed by atoms with Crippen LogP contribution in [0.2, 0.25) is 0 Å². The first-order valence-corrected chi connectivity index (χ1v) is 8.35. The summed E-state index contributed by atoms with van der Waals surface area (Å²) >= 11 is 0. The smallest absolute Gasteiger partial charge is 0.317 e. The molecule has 23 heavy (non-hydrogen) atoms. The molecule has 2 aliphatic rings. The molecule has 2 aliphatic heterocycles. The summed E-state index contributed by atoms with van der Waals surface area (Å²) in [4.78, 5) is 38.0. The van der Waals surface area contributed by atoms with Crippen LogP contribution in [0.15, 0.2) is 12.2 Å². The van der Waals surface area contributed by atoms with Crippen molar-refractivity contribution in [1.29, 1.82) is 0 Å². The summed E-state index contributed by atoms with van der Waals surface area (Å²) in [7, 11) is 0. The highest BCUT2D eigenvalue weighted by atomic mass is 16.2. The number of likely N-dealkylation sites (tertiary alicyclic amines) is 1. The molecule has 6 nitrogen and oxygen atoms in total. The van der Waals surface area contributed by atoms with Gasteiger partial charge in [0, 0.05) is 38.3 Å². The van der Waals surface area contributed by atoms with Gasteiger partial charge in [0.15, 0.2) is 0 Å². The number of imide groups is 1. The minimum atomic E-state index is -0.246. The van der Waals surface area contributed by atoms with Gasteiger partial charge in [0.25, 0.3) is 11.8 Å². The average molecular weight is 321 g/mol. The van der Waals surface area contributed by atoms with Crippen molar-refractivity contribution in [3.63, 3.8) is 0 Å². The van der Waals surface area contributed by atoms with Crippen molar-refractivity contribution < 1.29 is 14.4 Å². The van der Waals surface area contributed by atoms with Crippen molar-refractivity contribution in [2.24, 2.45) is 11.3 Å². The van der Waals surface area contributed by atoms with Crippen LogP contribution in [0.5, 0.6) is 0 Å². The van der Waals surface area contributed by atoms with E-state index < -0.39 is 0 Å². The van der Waals surface area contributed by atoms with E-state index in [1.54, 1.807) is 0 Å². The summed E-state index contributed by atoms with van der Waals surface area (Å²) in [5.74, 6) is 0.0570. The first-order valence-electron chi connectivity index (χ1n) is 8.35. The van der Waals surface area contributed by atoms with E-state index in [4.69, 9.17) is 0 Å². The van der Waals surface area contributed by atoms with Crippen molar-refractivity contribution in [3.05, 3.63) is 12.2 Å². The lowest BCUT2D eigenvalue weighted by molar-refractivity contribution is -0.136. The van der Waals surface area contributed by atoms with Crippen LogP contribution >= 0.6 is 0 Å². The highest BCUT2D eigenvalue weighted by Crippen LogP contribution is 2.33. The van der Waals surface area contributed by atoms with Gasteiger partial charge in [0.1, 0.15) is 0 Å². The van der Waals surface area contributed by atoms with Crippen LogP contribution in [-0.2, 0) is 9.59 Å². The van der Waals surface area contributed by atoms with Gasteiger partial charge in [-0.3, -0.25) is 14.5 Å². The zero-order valence-corrected chi connectivity index (χ0v) is 14.3. The maximum atomic E-state index is 12.1. The molecule has 2 rings (SSSR count). The fourth-order valence-corrected chi connectivity index (χ4v) is 3.01. The topological polar surface area (TPSA) is 69.7 Å². The second-order valence-electron chi connectivity index (χ2n) is 7.40. The molecule has 0 radical (unpaired) electrons. The SMILES string of the molecule is CC(C)(C)C1CCN(C(=O)NCCCCN2C(=O)C=CC2=O)C1. The lowest BCUT2D eigenvalue weighted by Gasteiger charge is -2.27. The Hall–Kier alpha value is -1.85. The second kappa shape index (κ2) is 7.15. The van der Waals surface area contributed by atoms with Gasteiger partial charge < -0.3 is 10.2 Å². The molecule has 0 aliphatic carbocycles.